The maximum Gasteiger partial charge on any atom is 0.243 e. The Bertz CT molecular complexity index is 1200. The summed E-state index contributed by atoms with van der Waals surface area (Å²) in [5.41, 5.74) is 0.894. The first kappa shape index (κ1) is 23.4. The van der Waals surface area contributed by atoms with Gasteiger partial charge in [-0.3, -0.25) is 9.78 Å². The first-order valence-electron chi connectivity index (χ1n) is 10.5. The molecule has 0 spiro atoms. The third-order valence-electron chi connectivity index (χ3n) is 5.67. The highest BCUT2D eigenvalue weighted by Crippen LogP contribution is 2.28. The molecule has 0 saturated carbocycles. The van der Waals surface area contributed by atoms with E-state index in [-0.39, 0.29) is 34.8 Å². The van der Waals surface area contributed by atoms with Crippen LogP contribution in [0.5, 0.6) is 0 Å². The fourth-order valence-corrected chi connectivity index (χ4v) is 5.64. The standard InChI is InChI=1S/C23H23ClFN3O4S/c24-21-13-20(5-6-22(21)25)33(30,31)28-10-7-18(8-11-28)23(29)27(16-19-4-2-12-32-19)15-17-3-1-9-26-14-17/h1-6,9,12-14,18H,7-8,10-11,15-16H2. The van der Waals surface area contributed by atoms with Crippen LogP contribution in [0.1, 0.15) is 24.2 Å². The summed E-state index contributed by atoms with van der Waals surface area (Å²) < 4.78 is 46.1. The molecular formula is C23H23ClFN3O4S. The van der Waals surface area contributed by atoms with Gasteiger partial charge in [-0.1, -0.05) is 17.7 Å². The minimum atomic E-state index is -3.83. The molecule has 1 aliphatic heterocycles. The third kappa shape index (κ3) is 5.43. The average molecular weight is 492 g/mol. The molecule has 0 atom stereocenters. The molecule has 3 heterocycles. The number of halogens is 2. The second kappa shape index (κ2) is 10.0. The highest BCUT2D eigenvalue weighted by molar-refractivity contribution is 7.89. The van der Waals surface area contributed by atoms with Gasteiger partial charge in [0.1, 0.15) is 11.6 Å². The molecule has 1 amide bonds. The molecule has 7 nitrogen and oxygen atoms in total. The van der Waals surface area contributed by atoms with E-state index in [0.29, 0.717) is 31.7 Å². The lowest BCUT2D eigenvalue weighted by atomic mass is 9.96. The molecule has 0 bridgehead atoms. The summed E-state index contributed by atoms with van der Waals surface area (Å²) in [5.74, 6) is -0.386. The van der Waals surface area contributed by atoms with E-state index in [1.54, 1.807) is 29.6 Å². The Morgan fingerprint density at radius 2 is 1.97 bits per heavy atom. The summed E-state index contributed by atoms with van der Waals surface area (Å²) in [6.45, 7) is 1.07. The lowest BCUT2D eigenvalue weighted by Gasteiger charge is -2.33. The number of carbonyl (C=O) groups is 1. The molecule has 4 rings (SSSR count). The molecule has 1 fully saturated rings. The Morgan fingerprint density at radius 1 is 1.18 bits per heavy atom. The van der Waals surface area contributed by atoms with Crippen LogP contribution >= 0.6 is 11.6 Å². The number of hydrogen-bond donors (Lipinski definition) is 0. The Hall–Kier alpha value is -2.75. The van der Waals surface area contributed by atoms with Crippen LogP contribution in [0.4, 0.5) is 4.39 Å². The van der Waals surface area contributed by atoms with Gasteiger partial charge < -0.3 is 9.32 Å². The summed E-state index contributed by atoms with van der Waals surface area (Å²) in [7, 11) is -3.83. The summed E-state index contributed by atoms with van der Waals surface area (Å²) >= 11 is 5.76. The van der Waals surface area contributed by atoms with Crippen LogP contribution in [0, 0.1) is 11.7 Å². The van der Waals surface area contributed by atoms with Crippen LogP contribution < -0.4 is 0 Å². The predicted octanol–water partition coefficient (Wildman–Crippen LogP) is 4.10. The van der Waals surface area contributed by atoms with Gasteiger partial charge in [0.2, 0.25) is 15.9 Å². The molecule has 2 aromatic heterocycles. The van der Waals surface area contributed by atoms with Gasteiger partial charge in [-0.25, -0.2) is 12.8 Å². The second-order valence-corrected chi connectivity index (χ2v) is 10.2. The molecule has 0 N–H and O–H groups in total. The normalized spacial score (nSPS) is 15.5. The van der Waals surface area contributed by atoms with E-state index in [0.717, 1.165) is 17.7 Å². The van der Waals surface area contributed by atoms with Crippen molar-refractivity contribution in [3.63, 3.8) is 0 Å². The number of furan rings is 1. The lowest BCUT2D eigenvalue weighted by Crippen LogP contribution is -2.44. The fourth-order valence-electron chi connectivity index (χ4n) is 3.90. The Balaban J connectivity index is 1.45. The van der Waals surface area contributed by atoms with E-state index in [1.165, 1.54) is 10.4 Å². The number of hydrogen-bond acceptors (Lipinski definition) is 5. The van der Waals surface area contributed by atoms with Crippen LogP contribution in [0.3, 0.4) is 0 Å². The summed E-state index contributed by atoms with van der Waals surface area (Å²) in [4.78, 5) is 19.1. The van der Waals surface area contributed by atoms with E-state index in [2.05, 4.69) is 4.98 Å². The van der Waals surface area contributed by atoms with Crippen LogP contribution in [-0.4, -0.2) is 41.6 Å². The van der Waals surface area contributed by atoms with Crippen molar-refractivity contribution in [1.82, 2.24) is 14.2 Å². The maximum atomic E-state index is 13.4. The van der Waals surface area contributed by atoms with Crippen molar-refractivity contribution in [2.45, 2.75) is 30.8 Å². The highest BCUT2D eigenvalue weighted by Gasteiger charge is 2.34. The SMILES string of the molecule is O=C(C1CCN(S(=O)(=O)c2ccc(F)c(Cl)c2)CC1)N(Cc1cccnc1)Cc1ccco1. The van der Waals surface area contributed by atoms with Gasteiger partial charge in [-0.05, 0) is 54.8 Å². The zero-order valence-corrected chi connectivity index (χ0v) is 19.3. The van der Waals surface area contributed by atoms with Gasteiger partial charge in [-0.2, -0.15) is 4.31 Å². The average Bonchev–Trinajstić information content (AvgIpc) is 3.34. The summed E-state index contributed by atoms with van der Waals surface area (Å²) in [5, 5.41) is -0.245. The molecule has 174 valence electrons. The van der Waals surface area contributed by atoms with Crippen molar-refractivity contribution < 1.29 is 22.0 Å². The fraction of sp³-hybridized carbons (Fsp3) is 0.304. The highest BCUT2D eigenvalue weighted by atomic mass is 35.5. The first-order valence-corrected chi connectivity index (χ1v) is 12.3. The van der Waals surface area contributed by atoms with Crippen LogP contribution in [0.2, 0.25) is 5.02 Å². The van der Waals surface area contributed by atoms with E-state index in [9.17, 15) is 17.6 Å². The van der Waals surface area contributed by atoms with Crippen LogP contribution in [-0.2, 0) is 27.9 Å². The van der Waals surface area contributed by atoms with Crippen molar-refractivity contribution in [1.29, 1.82) is 0 Å². The third-order valence-corrected chi connectivity index (χ3v) is 7.85. The molecule has 33 heavy (non-hydrogen) atoms. The second-order valence-electron chi connectivity index (χ2n) is 7.89. The maximum absolute atomic E-state index is 13.4. The molecule has 1 aliphatic rings. The molecule has 1 saturated heterocycles. The molecule has 0 unspecified atom stereocenters. The van der Waals surface area contributed by atoms with E-state index < -0.39 is 15.8 Å². The van der Waals surface area contributed by atoms with Crippen molar-refractivity contribution >= 4 is 27.5 Å². The number of aromatic nitrogens is 1. The summed E-state index contributed by atoms with van der Waals surface area (Å²) in [6.07, 6.45) is 5.72. The minimum Gasteiger partial charge on any atom is -0.467 e. The van der Waals surface area contributed by atoms with Gasteiger partial charge in [0.15, 0.2) is 0 Å². The van der Waals surface area contributed by atoms with Gasteiger partial charge in [-0.15, -0.1) is 0 Å². The molecule has 1 aromatic carbocycles. The molecule has 10 heteroatoms. The van der Waals surface area contributed by atoms with Crippen molar-refractivity contribution in [2.75, 3.05) is 13.1 Å². The molecular weight excluding hydrogens is 469 g/mol. The van der Waals surface area contributed by atoms with Gasteiger partial charge >= 0.3 is 0 Å². The number of carbonyl (C=O) groups excluding carboxylic acids is 1. The number of nitrogens with zero attached hydrogens (tertiary/aromatic N) is 3. The topological polar surface area (TPSA) is 83.7 Å². The summed E-state index contributed by atoms with van der Waals surface area (Å²) in [6, 6.07) is 10.7. The quantitative estimate of drug-likeness (QED) is 0.497. The zero-order chi connectivity index (χ0) is 23.4. The first-order chi connectivity index (χ1) is 15.8. The molecule has 0 radical (unpaired) electrons. The number of amides is 1. The van der Waals surface area contributed by atoms with Gasteiger partial charge in [0, 0.05) is 37.9 Å². The van der Waals surface area contributed by atoms with Crippen molar-refractivity contribution in [2.24, 2.45) is 5.92 Å². The van der Waals surface area contributed by atoms with E-state index in [4.69, 9.17) is 16.0 Å². The van der Waals surface area contributed by atoms with Crippen molar-refractivity contribution in [3.8, 4) is 0 Å². The largest absolute Gasteiger partial charge is 0.467 e. The Kier molecular flexibility index (Phi) is 7.11. The van der Waals surface area contributed by atoms with Crippen LogP contribution in [0.25, 0.3) is 0 Å². The predicted molar refractivity (Wildman–Crippen MR) is 120 cm³/mol. The molecule has 3 aromatic rings. The van der Waals surface area contributed by atoms with E-state index >= 15 is 0 Å². The number of rotatable bonds is 7. The van der Waals surface area contributed by atoms with Crippen LogP contribution in [0.15, 0.2) is 70.4 Å². The zero-order valence-electron chi connectivity index (χ0n) is 17.7. The number of sulfonamides is 1. The Labute approximate surface area is 196 Å². The minimum absolute atomic E-state index is 0.0582. The Morgan fingerprint density at radius 3 is 2.61 bits per heavy atom. The monoisotopic (exact) mass is 491 g/mol. The van der Waals surface area contributed by atoms with Gasteiger partial charge in [0.05, 0.1) is 22.7 Å². The van der Waals surface area contributed by atoms with Crippen molar-refractivity contribution in [3.05, 3.63) is 83.3 Å². The number of piperidine rings is 1. The molecule has 0 aliphatic carbocycles. The number of pyridine rings is 1. The lowest BCUT2D eigenvalue weighted by molar-refractivity contribution is -0.138. The van der Waals surface area contributed by atoms with E-state index in [1.807, 2.05) is 18.2 Å². The number of benzene rings is 1. The van der Waals surface area contributed by atoms with Gasteiger partial charge in [0.25, 0.3) is 0 Å². The smallest absolute Gasteiger partial charge is 0.243 e.